The number of hydrazone groups is 1. The van der Waals surface area contributed by atoms with E-state index in [-0.39, 0.29) is 17.2 Å². The predicted molar refractivity (Wildman–Crippen MR) is 78.0 cm³/mol. The van der Waals surface area contributed by atoms with Crippen LogP contribution in [-0.2, 0) is 0 Å². The maximum Gasteiger partial charge on any atom is 0.252 e. The van der Waals surface area contributed by atoms with Crippen LogP contribution in [0.2, 0.25) is 5.02 Å². The number of nitrogens with two attached hydrogens (primary N) is 1. The summed E-state index contributed by atoms with van der Waals surface area (Å²) >= 11 is 5.94. The van der Waals surface area contributed by atoms with E-state index >= 15 is 0 Å². The molecule has 8 heteroatoms. The zero-order chi connectivity index (χ0) is 15.1. The highest BCUT2D eigenvalue weighted by Gasteiger charge is 2.10. The van der Waals surface area contributed by atoms with Crippen LogP contribution in [0.4, 0.5) is 5.69 Å². The minimum Gasteiger partial charge on any atom is -0.382 e. The molecular weight excluding hydrogens is 280 g/mol. The van der Waals surface area contributed by atoms with Crippen LogP contribution in [-0.4, -0.2) is 24.0 Å². The lowest BCUT2D eigenvalue weighted by Gasteiger charge is -2.07. The molecule has 1 rings (SSSR count). The molecule has 0 radical (unpaired) electrons. The third-order valence-electron chi connectivity index (χ3n) is 2.21. The lowest BCUT2D eigenvalue weighted by Crippen LogP contribution is -2.23. The van der Waals surface area contributed by atoms with E-state index in [1.165, 1.54) is 12.1 Å². The fraction of sp³-hybridized carbons (Fsp3) is 0.167. The average molecular weight is 293 g/mol. The predicted octanol–water partition coefficient (Wildman–Crippen LogP) is 1.32. The van der Waals surface area contributed by atoms with Crippen molar-refractivity contribution in [2.24, 2.45) is 10.8 Å². The average Bonchev–Trinajstić information content (AvgIpc) is 2.41. The first-order valence-electron chi connectivity index (χ1n) is 5.65. The monoisotopic (exact) mass is 292 g/mol. The molecule has 0 aliphatic rings. The van der Waals surface area contributed by atoms with Crippen LogP contribution < -0.4 is 16.5 Å². The number of rotatable bonds is 5. The number of hydrogen-bond donors (Lipinski definition) is 4. The number of hydrogen-bond acceptors (Lipinski definition) is 5. The molecule has 1 aromatic rings. The SMILES string of the molecule is CCNC(=O)c1cc(N/N=C(\C#N)C(=N)N)ccc1Cl. The molecule has 1 amide bonds. The second-order valence-electron chi connectivity index (χ2n) is 3.65. The zero-order valence-corrected chi connectivity index (χ0v) is 11.5. The summed E-state index contributed by atoms with van der Waals surface area (Å²) in [5.74, 6) is -0.755. The molecule has 5 N–H and O–H groups in total. The highest BCUT2D eigenvalue weighted by atomic mass is 35.5. The maximum absolute atomic E-state index is 11.8. The summed E-state index contributed by atoms with van der Waals surface area (Å²) in [5, 5.41) is 22.4. The second-order valence-corrected chi connectivity index (χ2v) is 4.06. The summed E-state index contributed by atoms with van der Waals surface area (Å²) < 4.78 is 0. The van der Waals surface area contributed by atoms with Gasteiger partial charge in [-0.2, -0.15) is 10.4 Å². The Balaban J connectivity index is 2.99. The Hall–Kier alpha value is -2.59. The van der Waals surface area contributed by atoms with Gasteiger partial charge in [-0.3, -0.25) is 15.6 Å². The Bertz CT molecular complexity index is 604. The first-order chi connectivity index (χ1) is 9.49. The number of carbonyl (C=O) groups excluding carboxylic acids is 1. The van der Waals surface area contributed by atoms with Gasteiger partial charge in [0, 0.05) is 6.54 Å². The minimum absolute atomic E-state index is 0.250. The molecule has 0 aromatic heterocycles. The number of anilines is 1. The second kappa shape index (κ2) is 7.11. The highest BCUT2D eigenvalue weighted by molar-refractivity contribution is 6.45. The van der Waals surface area contributed by atoms with Crippen LogP contribution in [0.5, 0.6) is 0 Å². The van der Waals surface area contributed by atoms with E-state index in [0.717, 1.165) is 0 Å². The number of benzene rings is 1. The third kappa shape index (κ3) is 3.96. The quantitative estimate of drug-likeness (QED) is 0.371. The molecule has 0 saturated heterocycles. The highest BCUT2D eigenvalue weighted by Crippen LogP contribution is 2.20. The van der Waals surface area contributed by atoms with Crippen LogP contribution in [0.25, 0.3) is 0 Å². The van der Waals surface area contributed by atoms with Crippen molar-refractivity contribution in [1.82, 2.24) is 5.32 Å². The van der Waals surface area contributed by atoms with Crippen molar-refractivity contribution in [2.75, 3.05) is 12.0 Å². The van der Waals surface area contributed by atoms with Crippen LogP contribution >= 0.6 is 11.6 Å². The number of carbonyl (C=O) groups is 1. The molecular formula is C12H13ClN6O. The molecule has 104 valence electrons. The van der Waals surface area contributed by atoms with Crippen molar-refractivity contribution in [3.8, 4) is 6.07 Å². The molecule has 20 heavy (non-hydrogen) atoms. The largest absolute Gasteiger partial charge is 0.382 e. The molecule has 7 nitrogen and oxygen atoms in total. The molecule has 0 bridgehead atoms. The number of amides is 1. The van der Waals surface area contributed by atoms with Gasteiger partial charge in [0.2, 0.25) is 5.71 Å². The number of halogens is 1. The van der Waals surface area contributed by atoms with Crippen LogP contribution in [0, 0.1) is 16.7 Å². The lowest BCUT2D eigenvalue weighted by molar-refractivity contribution is 0.0956. The summed E-state index contributed by atoms with van der Waals surface area (Å²) in [6.45, 7) is 2.28. The Labute approximate surface area is 120 Å². The third-order valence-corrected chi connectivity index (χ3v) is 2.54. The van der Waals surface area contributed by atoms with Crippen LogP contribution in [0.3, 0.4) is 0 Å². The van der Waals surface area contributed by atoms with E-state index in [2.05, 4.69) is 15.8 Å². The summed E-state index contributed by atoms with van der Waals surface area (Å²) in [6, 6.07) is 6.28. The number of nitrogens with zero attached hydrogens (tertiary/aromatic N) is 2. The van der Waals surface area contributed by atoms with Crippen molar-refractivity contribution in [3.63, 3.8) is 0 Å². The smallest absolute Gasteiger partial charge is 0.252 e. The molecule has 0 fully saturated rings. The molecule has 0 atom stereocenters. The van der Waals surface area contributed by atoms with Crippen molar-refractivity contribution in [2.45, 2.75) is 6.92 Å². The Morgan fingerprint density at radius 1 is 1.60 bits per heavy atom. The van der Waals surface area contributed by atoms with Gasteiger partial charge >= 0.3 is 0 Å². The molecule has 0 saturated carbocycles. The van der Waals surface area contributed by atoms with Crippen molar-refractivity contribution in [1.29, 1.82) is 10.7 Å². The van der Waals surface area contributed by atoms with E-state index in [4.69, 9.17) is 28.0 Å². The van der Waals surface area contributed by atoms with Crippen LogP contribution in [0.1, 0.15) is 17.3 Å². The van der Waals surface area contributed by atoms with Crippen molar-refractivity contribution >= 4 is 34.7 Å². The van der Waals surface area contributed by atoms with Gasteiger partial charge in [0.25, 0.3) is 5.91 Å². The standard InChI is InChI=1S/C12H13ClN6O/c1-2-17-12(20)8-5-7(3-4-9(8)13)18-19-10(6-14)11(15)16/h3-5,18H,2H2,1H3,(H3,15,16)(H,17,20)/b19-10+. The number of nitriles is 1. The first-order valence-corrected chi connectivity index (χ1v) is 6.03. The summed E-state index contributed by atoms with van der Waals surface area (Å²) in [5.41, 5.74) is 8.19. The van der Waals surface area contributed by atoms with Crippen LogP contribution in [0.15, 0.2) is 23.3 Å². The Morgan fingerprint density at radius 3 is 2.85 bits per heavy atom. The molecule has 0 aliphatic carbocycles. The van der Waals surface area contributed by atoms with E-state index in [1.54, 1.807) is 19.1 Å². The van der Waals surface area contributed by atoms with E-state index in [9.17, 15) is 4.79 Å². The summed E-state index contributed by atoms with van der Waals surface area (Å²) in [4.78, 5) is 11.8. The van der Waals surface area contributed by atoms with Gasteiger partial charge in [0.05, 0.1) is 16.3 Å². The van der Waals surface area contributed by atoms with E-state index in [1.807, 2.05) is 0 Å². The van der Waals surface area contributed by atoms with Crippen molar-refractivity contribution in [3.05, 3.63) is 28.8 Å². The topological polar surface area (TPSA) is 127 Å². The van der Waals surface area contributed by atoms with Gasteiger partial charge in [-0.25, -0.2) is 0 Å². The Morgan fingerprint density at radius 2 is 2.30 bits per heavy atom. The lowest BCUT2D eigenvalue weighted by atomic mass is 10.2. The number of nitrogens with one attached hydrogen (secondary N) is 3. The van der Waals surface area contributed by atoms with E-state index < -0.39 is 5.84 Å². The summed E-state index contributed by atoms with van der Waals surface area (Å²) in [6.07, 6.45) is 0. The van der Waals surface area contributed by atoms with Gasteiger partial charge in [-0.15, -0.1) is 0 Å². The number of amidine groups is 1. The molecule has 0 spiro atoms. The molecule has 0 unspecified atom stereocenters. The summed E-state index contributed by atoms with van der Waals surface area (Å²) in [7, 11) is 0. The van der Waals surface area contributed by atoms with E-state index in [0.29, 0.717) is 17.3 Å². The van der Waals surface area contributed by atoms with Gasteiger partial charge in [-0.05, 0) is 25.1 Å². The first kappa shape index (κ1) is 15.5. The molecule has 0 aliphatic heterocycles. The van der Waals surface area contributed by atoms with Gasteiger partial charge < -0.3 is 11.1 Å². The molecule has 0 heterocycles. The van der Waals surface area contributed by atoms with Crippen molar-refractivity contribution < 1.29 is 4.79 Å². The fourth-order valence-corrected chi connectivity index (χ4v) is 1.49. The van der Waals surface area contributed by atoms with Gasteiger partial charge in [0.15, 0.2) is 5.84 Å². The van der Waals surface area contributed by atoms with Gasteiger partial charge in [-0.1, -0.05) is 11.6 Å². The normalized spacial score (nSPS) is 10.6. The fourth-order valence-electron chi connectivity index (χ4n) is 1.29. The zero-order valence-electron chi connectivity index (χ0n) is 10.7. The minimum atomic E-state index is -0.446. The maximum atomic E-state index is 11.8. The molecule has 1 aromatic carbocycles. The Kier molecular flexibility index (Phi) is 5.50. The van der Waals surface area contributed by atoms with Gasteiger partial charge in [0.1, 0.15) is 6.07 Å².